The summed E-state index contributed by atoms with van der Waals surface area (Å²) in [6.45, 7) is 8.12. The van der Waals surface area contributed by atoms with Gasteiger partial charge in [0.2, 0.25) is 0 Å². The highest BCUT2D eigenvalue weighted by atomic mass is 19.1. The number of hydrogen-bond acceptors (Lipinski definition) is 4. The second-order valence-corrected chi connectivity index (χ2v) is 8.06. The number of rotatable bonds is 3. The van der Waals surface area contributed by atoms with Gasteiger partial charge in [-0.25, -0.2) is 14.0 Å². The number of fused-ring (bicyclic) bond motifs is 1. The van der Waals surface area contributed by atoms with Gasteiger partial charge in [0.15, 0.2) is 5.69 Å². The van der Waals surface area contributed by atoms with Crippen molar-refractivity contribution in [2.45, 2.75) is 52.3 Å². The van der Waals surface area contributed by atoms with Crippen LogP contribution in [0.1, 0.15) is 60.9 Å². The molecule has 150 valence electrons. The molecule has 1 aromatic carbocycles. The number of amides is 1. The summed E-state index contributed by atoms with van der Waals surface area (Å²) < 4.78 is 20.2. The second-order valence-electron chi connectivity index (χ2n) is 8.06. The molecule has 0 fully saturated rings. The Morgan fingerprint density at radius 3 is 2.50 bits per heavy atom. The van der Waals surface area contributed by atoms with Crippen LogP contribution in [0.25, 0.3) is 0 Å². The number of ether oxygens (including phenoxy) is 1. The van der Waals surface area contributed by atoms with Crippen LogP contribution < -0.4 is 0 Å². The van der Waals surface area contributed by atoms with Gasteiger partial charge in [-0.1, -0.05) is 19.1 Å². The number of carboxylic acid groups (broad SMARTS) is 1. The van der Waals surface area contributed by atoms with Gasteiger partial charge in [0.25, 0.3) is 0 Å². The Bertz CT molecular complexity index is 899. The van der Waals surface area contributed by atoms with E-state index >= 15 is 0 Å². The van der Waals surface area contributed by atoms with Gasteiger partial charge >= 0.3 is 12.1 Å². The van der Waals surface area contributed by atoms with Crippen LogP contribution in [0.2, 0.25) is 0 Å². The van der Waals surface area contributed by atoms with E-state index in [9.17, 15) is 19.1 Å². The Kier molecular flexibility index (Phi) is 5.14. The standard InChI is InChI=1S/C20H24FN3O4/c1-12-9-23(19(27)28-20(2,3)4)11-15-16(18(25)26)22-24(17(12)15)10-13-5-7-14(21)8-6-13/h5-8,12H,9-11H2,1-4H3,(H,25,26). The Balaban J connectivity index is 1.94. The first-order valence-corrected chi connectivity index (χ1v) is 9.10. The van der Waals surface area contributed by atoms with E-state index in [0.717, 1.165) is 11.3 Å². The Labute approximate surface area is 162 Å². The maximum absolute atomic E-state index is 13.2. The first kappa shape index (κ1) is 19.9. The highest BCUT2D eigenvalue weighted by Gasteiger charge is 2.35. The van der Waals surface area contributed by atoms with Crippen LogP contribution in [0, 0.1) is 5.82 Å². The largest absolute Gasteiger partial charge is 0.476 e. The zero-order valence-electron chi connectivity index (χ0n) is 16.4. The average molecular weight is 389 g/mol. The van der Waals surface area contributed by atoms with Crippen molar-refractivity contribution in [2.24, 2.45) is 0 Å². The molecular formula is C20H24FN3O4. The van der Waals surface area contributed by atoms with Gasteiger partial charge in [0.1, 0.15) is 11.4 Å². The summed E-state index contributed by atoms with van der Waals surface area (Å²) in [7, 11) is 0. The highest BCUT2D eigenvalue weighted by Crippen LogP contribution is 2.32. The molecule has 2 heterocycles. The Morgan fingerprint density at radius 2 is 1.93 bits per heavy atom. The predicted molar refractivity (Wildman–Crippen MR) is 99.7 cm³/mol. The molecule has 28 heavy (non-hydrogen) atoms. The van der Waals surface area contributed by atoms with E-state index < -0.39 is 17.7 Å². The molecule has 1 aliphatic heterocycles. The minimum atomic E-state index is -1.15. The fourth-order valence-electron chi connectivity index (χ4n) is 3.41. The van der Waals surface area contributed by atoms with Crippen molar-refractivity contribution < 1.29 is 23.8 Å². The van der Waals surface area contributed by atoms with E-state index in [1.54, 1.807) is 37.6 Å². The molecule has 3 rings (SSSR count). The van der Waals surface area contributed by atoms with Crippen LogP contribution in [0.4, 0.5) is 9.18 Å². The van der Waals surface area contributed by atoms with Gasteiger partial charge in [0, 0.05) is 23.7 Å². The van der Waals surface area contributed by atoms with Crippen molar-refractivity contribution in [3.63, 3.8) is 0 Å². The zero-order valence-corrected chi connectivity index (χ0v) is 16.4. The maximum atomic E-state index is 13.2. The summed E-state index contributed by atoms with van der Waals surface area (Å²) in [5.41, 5.74) is 1.39. The number of carbonyl (C=O) groups is 2. The summed E-state index contributed by atoms with van der Waals surface area (Å²) in [4.78, 5) is 25.7. The lowest BCUT2D eigenvalue weighted by Crippen LogP contribution is -2.41. The van der Waals surface area contributed by atoms with Crippen LogP contribution in [0.5, 0.6) is 0 Å². The minimum absolute atomic E-state index is 0.0720. The molecule has 0 aliphatic carbocycles. The maximum Gasteiger partial charge on any atom is 0.410 e. The third-order valence-corrected chi connectivity index (χ3v) is 4.50. The average Bonchev–Trinajstić information content (AvgIpc) is 2.94. The molecule has 0 radical (unpaired) electrons. The Morgan fingerprint density at radius 1 is 1.29 bits per heavy atom. The molecule has 7 nitrogen and oxygen atoms in total. The normalized spacial score (nSPS) is 16.6. The van der Waals surface area contributed by atoms with Gasteiger partial charge in [-0.2, -0.15) is 5.10 Å². The van der Waals surface area contributed by atoms with E-state index in [1.165, 1.54) is 17.0 Å². The van der Waals surface area contributed by atoms with Crippen molar-refractivity contribution in [1.29, 1.82) is 0 Å². The number of benzene rings is 1. The van der Waals surface area contributed by atoms with Crippen LogP contribution in [-0.2, 0) is 17.8 Å². The smallest absolute Gasteiger partial charge is 0.410 e. The number of nitrogens with zero attached hydrogens (tertiary/aromatic N) is 3. The molecule has 0 saturated carbocycles. The molecule has 2 aromatic rings. The van der Waals surface area contributed by atoms with E-state index in [1.807, 2.05) is 6.92 Å². The number of carboxylic acids is 1. The lowest BCUT2D eigenvalue weighted by molar-refractivity contribution is 0.0204. The fraction of sp³-hybridized carbons (Fsp3) is 0.450. The second kappa shape index (κ2) is 7.26. The first-order valence-electron chi connectivity index (χ1n) is 9.10. The molecule has 1 aliphatic rings. The van der Waals surface area contributed by atoms with Gasteiger partial charge in [-0.05, 0) is 38.5 Å². The molecule has 1 N–H and O–H groups in total. The van der Waals surface area contributed by atoms with E-state index in [0.29, 0.717) is 18.7 Å². The molecule has 1 amide bonds. The van der Waals surface area contributed by atoms with E-state index in [-0.39, 0.29) is 24.0 Å². The van der Waals surface area contributed by atoms with Crippen LogP contribution in [-0.4, -0.2) is 44.0 Å². The third kappa shape index (κ3) is 4.16. The molecule has 0 bridgehead atoms. The molecule has 0 spiro atoms. The third-order valence-electron chi connectivity index (χ3n) is 4.50. The molecule has 1 aromatic heterocycles. The molecule has 1 atom stereocenters. The van der Waals surface area contributed by atoms with Crippen LogP contribution in [0.15, 0.2) is 24.3 Å². The van der Waals surface area contributed by atoms with Crippen molar-refractivity contribution in [3.8, 4) is 0 Å². The van der Waals surface area contributed by atoms with Crippen LogP contribution >= 0.6 is 0 Å². The number of aromatic carboxylic acids is 1. The number of aromatic nitrogens is 2. The van der Waals surface area contributed by atoms with Crippen LogP contribution in [0.3, 0.4) is 0 Å². The topological polar surface area (TPSA) is 84.7 Å². The lowest BCUT2D eigenvalue weighted by atomic mass is 9.96. The Hall–Kier alpha value is -2.90. The van der Waals surface area contributed by atoms with E-state index in [2.05, 4.69) is 5.10 Å². The minimum Gasteiger partial charge on any atom is -0.476 e. The van der Waals surface area contributed by atoms with E-state index in [4.69, 9.17) is 4.74 Å². The predicted octanol–water partition coefficient (Wildman–Crippen LogP) is 3.62. The van der Waals surface area contributed by atoms with Gasteiger partial charge < -0.3 is 14.7 Å². The quantitative estimate of drug-likeness (QED) is 0.867. The summed E-state index contributed by atoms with van der Waals surface area (Å²) >= 11 is 0. The number of halogens is 1. The fourth-order valence-corrected chi connectivity index (χ4v) is 3.41. The summed E-state index contributed by atoms with van der Waals surface area (Å²) in [5, 5.41) is 13.9. The molecule has 0 saturated heterocycles. The van der Waals surface area contributed by atoms with Gasteiger partial charge in [-0.15, -0.1) is 0 Å². The monoisotopic (exact) mass is 389 g/mol. The highest BCUT2D eigenvalue weighted by molar-refractivity contribution is 5.88. The number of hydrogen-bond donors (Lipinski definition) is 1. The molecule has 1 unspecified atom stereocenters. The zero-order chi connectivity index (χ0) is 20.6. The summed E-state index contributed by atoms with van der Waals surface area (Å²) in [5.74, 6) is -1.61. The first-order chi connectivity index (χ1) is 13.0. The van der Waals surface area contributed by atoms with Crippen molar-refractivity contribution >= 4 is 12.1 Å². The SMILES string of the molecule is CC1CN(C(=O)OC(C)(C)C)Cc2c(C(=O)O)nn(Cc3ccc(F)cc3)c21. The molecule has 8 heteroatoms. The van der Waals surface area contributed by atoms with Crippen molar-refractivity contribution in [1.82, 2.24) is 14.7 Å². The summed E-state index contributed by atoms with van der Waals surface area (Å²) in [6.07, 6.45) is -0.479. The van der Waals surface area contributed by atoms with Gasteiger partial charge in [-0.3, -0.25) is 4.68 Å². The van der Waals surface area contributed by atoms with Crippen molar-refractivity contribution in [3.05, 3.63) is 52.6 Å². The van der Waals surface area contributed by atoms with Crippen molar-refractivity contribution in [2.75, 3.05) is 6.54 Å². The van der Waals surface area contributed by atoms with Gasteiger partial charge in [0.05, 0.1) is 13.1 Å². The summed E-state index contributed by atoms with van der Waals surface area (Å²) in [6, 6.07) is 6.00. The number of carbonyl (C=O) groups excluding carboxylic acids is 1. The molecular weight excluding hydrogens is 365 g/mol. The lowest BCUT2D eigenvalue weighted by Gasteiger charge is -2.33.